The number of halogens is 1. The maximum Gasteiger partial charge on any atom is 0.135 e. The van der Waals surface area contributed by atoms with Gasteiger partial charge in [0.25, 0.3) is 0 Å². The third kappa shape index (κ3) is 2.74. The minimum Gasteiger partial charge on any atom is -0.457 e. The second-order valence-electron chi connectivity index (χ2n) is 3.29. The van der Waals surface area contributed by atoms with E-state index in [2.05, 4.69) is 6.07 Å². The van der Waals surface area contributed by atoms with Crippen molar-refractivity contribution in [3.8, 4) is 11.5 Å². The molecule has 2 heteroatoms. The number of hydrogen-bond donors (Lipinski definition) is 0. The monoisotopic (exact) mass is 217 g/mol. The van der Waals surface area contributed by atoms with Crippen molar-refractivity contribution < 1.29 is 4.74 Å². The zero-order valence-electron chi connectivity index (χ0n) is 8.33. The summed E-state index contributed by atoms with van der Waals surface area (Å²) in [5, 5.41) is 0.704. The summed E-state index contributed by atoms with van der Waals surface area (Å²) >= 11 is 5.78. The van der Waals surface area contributed by atoms with Crippen molar-refractivity contribution in [2.24, 2.45) is 0 Å². The summed E-state index contributed by atoms with van der Waals surface area (Å²) in [5.74, 6) is 1.48. The normalized spacial score (nSPS) is 10.0. The Hall–Kier alpha value is -1.47. The van der Waals surface area contributed by atoms with Gasteiger partial charge >= 0.3 is 0 Å². The SMILES string of the molecule is Cc1cc[c]c(Oc2ccc(Cl)cc2)c1. The molecule has 2 rings (SSSR count). The van der Waals surface area contributed by atoms with Crippen LogP contribution in [0.2, 0.25) is 5.02 Å². The number of hydrogen-bond acceptors (Lipinski definition) is 1. The molecule has 0 unspecified atom stereocenters. The van der Waals surface area contributed by atoms with Crippen molar-refractivity contribution >= 4 is 11.6 Å². The highest BCUT2D eigenvalue weighted by Crippen LogP contribution is 2.22. The van der Waals surface area contributed by atoms with Crippen molar-refractivity contribution in [2.45, 2.75) is 6.92 Å². The van der Waals surface area contributed by atoms with Crippen molar-refractivity contribution in [3.05, 3.63) is 59.1 Å². The molecule has 0 spiro atoms. The van der Waals surface area contributed by atoms with Crippen LogP contribution in [0.25, 0.3) is 0 Å². The van der Waals surface area contributed by atoms with Gasteiger partial charge in [-0.05, 0) is 42.8 Å². The summed E-state index contributed by atoms with van der Waals surface area (Å²) in [5.41, 5.74) is 1.15. The summed E-state index contributed by atoms with van der Waals surface area (Å²) in [4.78, 5) is 0. The van der Waals surface area contributed by atoms with Crippen LogP contribution >= 0.6 is 11.6 Å². The molecule has 0 saturated heterocycles. The molecule has 1 radical (unpaired) electrons. The molecule has 0 aliphatic rings. The van der Waals surface area contributed by atoms with E-state index in [4.69, 9.17) is 16.3 Å². The lowest BCUT2D eigenvalue weighted by atomic mass is 10.2. The lowest BCUT2D eigenvalue weighted by molar-refractivity contribution is 0.481. The minimum absolute atomic E-state index is 0.704. The molecular weight excluding hydrogens is 208 g/mol. The summed E-state index contributed by atoms with van der Waals surface area (Å²) in [6.45, 7) is 2.02. The Morgan fingerprint density at radius 3 is 2.53 bits per heavy atom. The van der Waals surface area contributed by atoms with Gasteiger partial charge in [-0.1, -0.05) is 23.7 Å². The van der Waals surface area contributed by atoms with Gasteiger partial charge in [-0.3, -0.25) is 0 Å². The fourth-order valence-electron chi connectivity index (χ4n) is 1.24. The fraction of sp³-hybridized carbons (Fsp3) is 0.0769. The molecule has 2 aromatic rings. The standard InChI is InChI=1S/C13H10ClO/c1-10-3-2-4-13(9-10)15-12-7-5-11(14)6-8-12/h2-3,5-9H,1H3. The minimum atomic E-state index is 0.704. The molecular formula is C13H10ClO. The van der Waals surface area contributed by atoms with Gasteiger partial charge in [0.2, 0.25) is 0 Å². The fourth-order valence-corrected chi connectivity index (χ4v) is 1.37. The second kappa shape index (κ2) is 4.37. The van der Waals surface area contributed by atoms with Gasteiger partial charge in [0.05, 0.1) is 0 Å². The molecule has 0 N–H and O–H groups in total. The summed E-state index contributed by atoms with van der Waals surface area (Å²) in [6, 6.07) is 16.0. The third-order valence-corrected chi connectivity index (χ3v) is 2.22. The predicted octanol–water partition coefficient (Wildman–Crippen LogP) is 4.24. The number of rotatable bonds is 2. The molecule has 2 aromatic carbocycles. The van der Waals surface area contributed by atoms with Crippen LogP contribution in [0.3, 0.4) is 0 Å². The predicted molar refractivity (Wildman–Crippen MR) is 61.5 cm³/mol. The molecule has 1 nitrogen and oxygen atoms in total. The molecule has 0 amide bonds. The Balaban J connectivity index is 2.18. The van der Waals surface area contributed by atoms with E-state index < -0.39 is 0 Å². The Kier molecular flexibility index (Phi) is 2.93. The number of ether oxygens (including phenoxy) is 1. The van der Waals surface area contributed by atoms with Crippen molar-refractivity contribution in [1.29, 1.82) is 0 Å². The van der Waals surface area contributed by atoms with Crippen LogP contribution in [0.15, 0.2) is 42.5 Å². The zero-order valence-corrected chi connectivity index (χ0v) is 9.08. The molecule has 0 fully saturated rings. The van der Waals surface area contributed by atoms with Crippen molar-refractivity contribution in [1.82, 2.24) is 0 Å². The molecule has 15 heavy (non-hydrogen) atoms. The van der Waals surface area contributed by atoms with Gasteiger partial charge in [-0.25, -0.2) is 0 Å². The van der Waals surface area contributed by atoms with Crippen LogP contribution in [0.4, 0.5) is 0 Å². The Bertz CT molecular complexity index is 448. The number of aryl methyl sites for hydroxylation is 1. The molecule has 0 aliphatic carbocycles. The molecule has 0 atom stereocenters. The van der Waals surface area contributed by atoms with Crippen LogP contribution in [-0.4, -0.2) is 0 Å². The van der Waals surface area contributed by atoms with E-state index in [9.17, 15) is 0 Å². The van der Waals surface area contributed by atoms with Gasteiger partial charge < -0.3 is 4.74 Å². The van der Waals surface area contributed by atoms with E-state index in [0.717, 1.165) is 17.1 Å². The van der Waals surface area contributed by atoms with Gasteiger partial charge in [-0.2, -0.15) is 0 Å². The van der Waals surface area contributed by atoms with E-state index in [0.29, 0.717) is 5.02 Å². The van der Waals surface area contributed by atoms with E-state index in [1.54, 1.807) is 12.1 Å². The van der Waals surface area contributed by atoms with E-state index in [1.807, 2.05) is 37.3 Å². The second-order valence-corrected chi connectivity index (χ2v) is 3.72. The first kappa shape index (κ1) is 10.1. The van der Waals surface area contributed by atoms with Crippen LogP contribution < -0.4 is 4.74 Å². The highest BCUT2D eigenvalue weighted by molar-refractivity contribution is 6.30. The highest BCUT2D eigenvalue weighted by Gasteiger charge is 1.97. The maximum absolute atomic E-state index is 5.78. The average molecular weight is 218 g/mol. The van der Waals surface area contributed by atoms with E-state index in [1.165, 1.54) is 0 Å². The average Bonchev–Trinajstić information content (AvgIpc) is 2.22. The van der Waals surface area contributed by atoms with E-state index in [-0.39, 0.29) is 0 Å². The van der Waals surface area contributed by atoms with Gasteiger partial charge in [0, 0.05) is 11.1 Å². The number of benzene rings is 2. The quantitative estimate of drug-likeness (QED) is 0.731. The largest absolute Gasteiger partial charge is 0.457 e. The van der Waals surface area contributed by atoms with Crippen molar-refractivity contribution in [2.75, 3.05) is 0 Å². The van der Waals surface area contributed by atoms with Gasteiger partial charge in [0.15, 0.2) is 0 Å². The smallest absolute Gasteiger partial charge is 0.135 e. The van der Waals surface area contributed by atoms with Crippen LogP contribution in [0.5, 0.6) is 11.5 Å². The van der Waals surface area contributed by atoms with Crippen LogP contribution in [-0.2, 0) is 0 Å². The third-order valence-electron chi connectivity index (χ3n) is 1.97. The highest BCUT2D eigenvalue weighted by atomic mass is 35.5. The maximum atomic E-state index is 5.78. The summed E-state index contributed by atoms with van der Waals surface area (Å²) in [6.07, 6.45) is 0. The Morgan fingerprint density at radius 1 is 1.13 bits per heavy atom. The molecule has 0 bridgehead atoms. The first-order valence-corrected chi connectivity index (χ1v) is 5.03. The summed E-state index contributed by atoms with van der Waals surface area (Å²) in [7, 11) is 0. The Morgan fingerprint density at radius 2 is 1.87 bits per heavy atom. The zero-order chi connectivity index (χ0) is 10.7. The summed E-state index contributed by atoms with van der Waals surface area (Å²) < 4.78 is 5.60. The molecule has 0 saturated carbocycles. The van der Waals surface area contributed by atoms with Gasteiger partial charge in [-0.15, -0.1) is 0 Å². The molecule has 75 valence electrons. The van der Waals surface area contributed by atoms with Crippen LogP contribution in [0.1, 0.15) is 5.56 Å². The Labute approximate surface area is 94.3 Å². The van der Waals surface area contributed by atoms with E-state index >= 15 is 0 Å². The topological polar surface area (TPSA) is 9.23 Å². The molecule has 0 aromatic heterocycles. The van der Waals surface area contributed by atoms with Gasteiger partial charge in [0.1, 0.15) is 11.5 Å². The lowest BCUT2D eigenvalue weighted by Crippen LogP contribution is -1.84. The molecule has 0 aliphatic heterocycles. The first-order valence-electron chi connectivity index (χ1n) is 4.66. The van der Waals surface area contributed by atoms with Crippen molar-refractivity contribution in [3.63, 3.8) is 0 Å². The first-order chi connectivity index (χ1) is 7.24. The lowest BCUT2D eigenvalue weighted by Gasteiger charge is -2.05. The molecule has 0 heterocycles. The van der Waals surface area contributed by atoms with Crippen LogP contribution in [0, 0.1) is 13.0 Å².